The van der Waals surface area contributed by atoms with E-state index in [9.17, 15) is 9.59 Å². The summed E-state index contributed by atoms with van der Waals surface area (Å²) in [6.07, 6.45) is 0.904. The van der Waals surface area contributed by atoms with Gasteiger partial charge in [0.1, 0.15) is 6.54 Å². The minimum Gasteiger partial charge on any atom is -0.272 e. The van der Waals surface area contributed by atoms with E-state index in [0.29, 0.717) is 16.5 Å². The van der Waals surface area contributed by atoms with Crippen LogP contribution in [-0.2, 0) is 17.8 Å². The second-order valence-corrected chi connectivity index (χ2v) is 8.80. The largest absolute Gasteiger partial charge is 0.272 e. The SMILES string of the molecule is CCc1ccc(N(C(=O)Cn2nc(-c3ccccc3)ccc2=O)c2nc3ccccc3s2)cc1. The maximum atomic E-state index is 13.6. The first-order valence-electron chi connectivity index (χ1n) is 11.0. The van der Waals surface area contributed by atoms with Crippen molar-refractivity contribution in [2.75, 3.05) is 4.90 Å². The predicted molar refractivity (Wildman–Crippen MR) is 137 cm³/mol. The van der Waals surface area contributed by atoms with Gasteiger partial charge in [0.15, 0.2) is 5.13 Å². The van der Waals surface area contributed by atoms with Crippen LogP contribution in [0.3, 0.4) is 0 Å². The molecular formula is C27H22N4O2S. The molecule has 0 fully saturated rings. The van der Waals surface area contributed by atoms with Crippen molar-refractivity contribution in [3.05, 3.63) is 107 Å². The number of hydrogen-bond acceptors (Lipinski definition) is 5. The average molecular weight is 467 g/mol. The number of amides is 1. The summed E-state index contributed by atoms with van der Waals surface area (Å²) in [5.41, 5.74) is 3.88. The van der Waals surface area contributed by atoms with Gasteiger partial charge in [0.05, 0.1) is 21.6 Å². The minimum atomic E-state index is -0.335. The van der Waals surface area contributed by atoms with E-state index in [0.717, 1.165) is 22.2 Å². The molecule has 1 amide bonds. The van der Waals surface area contributed by atoms with Crippen molar-refractivity contribution in [2.24, 2.45) is 0 Å². The second-order valence-electron chi connectivity index (χ2n) is 7.79. The van der Waals surface area contributed by atoms with Gasteiger partial charge in [-0.2, -0.15) is 5.10 Å². The van der Waals surface area contributed by atoms with Gasteiger partial charge < -0.3 is 0 Å². The average Bonchev–Trinajstić information content (AvgIpc) is 3.30. The van der Waals surface area contributed by atoms with Crippen molar-refractivity contribution in [3.63, 3.8) is 0 Å². The highest BCUT2D eigenvalue weighted by Crippen LogP contribution is 2.33. The molecule has 34 heavy (non-hydrogen) atoms. The summed E-state index contributed by atoms with van der Waals surface area (Å²) in [6, 6.07) is 28.3. The Labute approximate surface area is 200 Å². The number of benzene rings is 3. The molecular weight excluding hydrogens is 444 g/mol. The summed E-state index contributed by atoms with van der Waals surface area (Å²) in [6.45, 7) is 1.88. The quantitative estimate of drug-likeness (QED) is 0.334. The van der Waals surface area contributed by atoms with E-state index in [1.54, 1.807) is 11.0 Å². The molecule has 0 aliphatic rings. The Morgan fingerprint density at radius 3 is 2.38 bits per heavy atom. The van der Waals surface area contributed by atoms with Crippen LogP contribution in [0.5, 0.6) is 0 Å². The van der Waals surface area contributed by atoms with Crippen LogP contribution in [0.15, 0.2) is 95.8 Å². The summed E-state index contributed by atoms with van der Waals surface area (Å²) in [5, 5.41) is 5.02. The molecule has 0 bridgehead atoms. The Morgan fingerprint density at radius 1 is 0.912 bits per heavy atom. The lowest BCUT2D eigenvalue weighted by atomic mass is 10.1. The molecule has 5 rings (SSSR count). The lowest BCUT2D eigenvalue weighted by molar-refractivity contribution is -0.118. The summed E-state index contributed by atoms with van der Waals surface area (Å²) in [7, 11) is 0. The third kappa shape index (κ3) is 4.38. The molecule has 0 spiro atoms. The van der Waals surface area contributed by atoms with Gasteiger partial charge in [-0.15, -0.1) is 0 Å². The van der Waals surface area contributed by atoms with E-state index in [-0.39, 0.29) is 18.0 Å². The van der Waals surface area contributed by atoms with Gasteiger partial charge in [0.2, 0.25) is 0 Å². The fourth-order valence-corrected chi connectivity index (χ4v) is 4.73. The number of aromatic nitrogens is 3. The minimum absolute atomic E-state index is 0.203. The number of nitrogens with zero attached hydrogens (tertiary/aromatic N) is 4. The topological polar surface area (TPSA) is 68.1 Å². The number of para-hydroxylation sites is 1. The van der Waals surface area contributed by atoms with Gasteiger partial charge in [-0.05, 0) is 42.3 Å². The van der Waals surface area contributed by atoms with E-state index < -0.39 is 0 Å². The number of carbonyl (C=O) groups excluding carboxylic acids is 1. The Kier molecular flexibility index (Phi) is 6.01. The van der Waals surface area contributed by atoms with Crippen molar-refractivity contribution in [1.29, 1.82) is 0 Å². The molecule has 0 unspecified atom stereocenters. The van der Waals surface area contributed by atoms with Crippen LogP contribution in [0.2, 0.25) is 0 Å². The third-order valence-corrected chi connectivity index (χ3v) is 6.57. The van der Waals surface area contributed by atoms with Crippen LogP contribution in [0.4, 0.5) is 10.8 Å². The summed E-state index contributed by atoms with van der Waals surface area (Å²) in [4.78, 5) is 32.5. The number of thiazole rings is 1. The fourth-order valence-electron chi connectivity index (χ4n) is 3.72. The van der Waals surface area contributed by atoms with Crippen molar-refractivity contribution < 1.29 is 4.79 Å². The lowest BCUT2D eigenvalue weighted by Gasteiger charge is -2.20. The highest BCUT2D eigenvalue weighted by atomic mass is 32.1. The van der Waals surface area contributed by atoms with Crippen LogP contribution in [0.25, 0.3) is 21.5 Å². The highest BCUT2D eigenvalue weighted by Gasteiger charge is 2.23. The van der Waals surface area contributed by atoms with Crippen molar-refractivity contribution in [2.45, 2.75) is 19.9 Å². The molecule has 0 aliphatic heterocycles. The Morgan fingerprint density at radius 2 is 1.65 bits per heavy atom. The van der Waals surface area contributed by atoms with E-state index in [1.807, 2.05) is 78.9 Å². The maximum absolute atomic E-state index is 13.6. The molecule has 0 saturated carbocycles. The Hall–Kier alpha value is -4.10. The zero-order valence-electron chi connectivity index (χ0n) is 18.6. The first-order chi connectivity index (χ1) is 16.6. The molecule has 2 heterocycles. The molecule has 0 saturated heterocycles. The second kappa shape index (κ2) is 9.41. The molecule has 168 valence electrons. The van der Waals surface area contributed by atoms with Crippen LogP contribution in [0, 0.1) is 0 Å². The summed E-state index contributed by atoms with van der Waals surface area (Å²) >= 11 is 1.44. The molecule has 5 aromatic rings. The molecule has 0 atom stereocenters. The normalized spacial score (nSPS) is 11.0. The highest BCUT2D eigenvalue weighted by molar-refractivity contribution is 7.22. The van der Waals surface area contributed by atoms with E-state index >= 15 is 0 Å². The van der Waals surface area contributed by atoms with Crippen molar-refractivity contribution in [3.8, 4) is 11.3 Å². The number of aryl methyl sites for hydroxylation is 1. The van der Waals surface area contributed by atoms with Gasteiger partial charge in [0.25, 0.3) is 11.5 Å². The first-order valence-corrected chi connectivity index (χ1v) is 11.8. The number of carbonyl (C=O) groups is 1. The Bertz CT molecular complexity index is 1470. The number of rotatable bonds is 6. The van der Waals surface area contributed by atoms with Crippen LogP contribution < -0.4 is 10.5 Å². The third-order valence-electron chi connectivity index (χ3n) is 5.55. The number of hydrogen-bond donors (Lipinski definition) is 0. The van der Waals surface area contributed by atoms with E-state index in [4.69, 9.17) is 4.98 Å². The fraction of sp³-hybridized carbons (Fsp3) is 0.111. The smallest absolute Gasteiger partial charge is 0.267 e. The van der Waals surface area contributed by atoms with Gasteiger partial charge in [-0.1, -0.05) is 72.9 Å². The zero-order chi connectivity index (χ0) is 23.5. The van der Waals surface area contributed by atoms with Crippen LogP contribution >= 0.6 is 11.3 Å². The van der Waals surface area contributed by atoms with E-state index in [1.165, 1.54) is 27.6 Å². The maximum Gasteiger partial charge on any atom is 0.267 e. The molecule has 0 N–H and O–H groups in total. The molecule has 6 nitrogen and oxygen atoms in total. The first kappa shape index (κ1) is 21.7. The standard InChI is InChI=1S/C27H22N4O2S/c1-2-19-12-14-21(15-13-19)31(27-28-23-10-6-7-11-24(23)34-27)26(33)18-30-25(32)17-16-22(29-30)20-8-4-3-5-9-20/h3-17H,2,18H2,1H3. The molecule has 7 heteroatoms. The molecule has 0 radical (unpaired) electrons. The summed E-state index contributed by atoms with van der Waals surface area (Å²) in [5.74, 6) is -0.289. The predicted octanol–water partition coefficient (Wildman–Crippen LogP) is 5.45. The monoisotopic (exact) mass is 466 g/mol. The van der Waals surface area contributed by atoms with Crippen LogP contribution in [0.1, 0.15) is 12.5 Å². The lowest BCUT2D eigenvalue weighted by Crippen LogP contribution is -2.34. The number of anilines is 2. The van der Waals surface area contributed by atoms with Crippen molar-refractivity contribution in [1.82, 2.24) is 14.8 Å². The molecule has 0 aliphatic carbocycles. The summed E-state index contributed by atoms with van der Waals surface area (Å²) < 4.78 is 2.20. The zero-order valence-corrected chi connectivity index (χ0v) is 19.4. The Balaban J connectivity index is 1.54. The van der Waals surface area contributed by atoms with Gasteiger partial charge in [0, 0.05) is 11.6 Å². The van der Waals surface area contributed by atoms with Crippen LogP contribution in [-0.4, -0.2) is 20.7 Å². The van der Waals surface area contributed by atoms with E-state index in [2.05, 4.69) is 12.0 Å². The van der Waals surface area contributed by atoms with Gasteiger partial charge in [-0.25, -0.2) is 9.67 Å². The van der Waals surface area contributed by atoms with Gasteiger partial charge >= 0.3 is 0 Å². The molecule has 3 aromatic carbocycles. The van der Waals surface area contributed by atoms with Gasteiger partial charge in [-0.3, -0.25) is 14.5 Å². The number of fused-ring (bicyclic) bond motifs is 1. The van der Waals surface area contributed by atoms with Crippen molar-refractivity contribution >= 4 is 38.3 Å². The molecule has 2 aromatic heterocycles.